The fraction of sp³-hybridized carbons (Fsp3) is 0.533. The number of carboxylic acids is 1. The lowest BCUT2D eigenvalue weighted by molar-refractivity contribution is -0.141. The van der Waals surface area contributed by atoms with E-state index < -0.39 is 32.3 Å². The summed E-state index contributed by atoms with van der Waals surface area (Å²) in [6.45, 7) is 4.76. The molecule has 0 fully saturated rings. The molecule has 118 valence electrons. The van der Waals surface area contributed by atoms with E-state index in [0.29, 0.717) is 5.56 Å². The molecule has 0 radical (unpaired) electrons. The smallest absolute Gasteiger partial charge is 0.306 e. The van der Waals surface area contributed by atoms with Crippen LogP contribution in [0.5, 0.6) is 0 Å². The summed E-state index contributed by atoms with van der Waals surface area (Å²) in [5.41, 5.74) is 0.551. The fourth-order valence-electron chi connectivity index (χ4n) is 1.86. The summed E-state index contributed by atoms with van der Waals surface area (Å²) < 4.78 is 36.3. The van der Waals surface area contributed by atoms with Gasteiger partial charge in [0.25, 0.3) is 0 Å². The topological polar surface area (TPSA) is 71.4 Å². The summed E-state index contributed by atoms with van der Waals surface area (Å²) in [4.78, 5) is 11.3. The van der Waals surface area contributed by atoms with Gasteiger partial charge in [-0.3, -0.25) is 4.79 Å². The molecule has 0 aromatic heterocycles. The van der Waals surface area contributed by atoms with Gasteiger partial charge in [-0.25, -0.2) is 12.8 Å². The number of hydrogen-bond acceptors (Lipinski definition) is 3. The van der Waals surface area contributed by atoms with Gasteiger partial charge in [0.05, 0.1) is 16.4 Å². The Bertz CT molecular complexity index is 602. The highest BCUT2D eigenvalue weighted by Gasteiger charge is 2.30. The van der Waals surface area contributed by atoms with Crippen molar-refractivity contribution < 1.29 is 22.7 Å². The maximum absolute atomic E-state index is 13.1. The van der Waals surface area contributed by atoms with Crippen LogP contribution < -0.4 is 0 Å². The third kappa shape index (κ3) is 5.12. The Morgan fingerprint density at radius 3 is 2.43 bits per heavy atom. The summed E-state index contributed by atoms with van der Waals surface area (Å²) in [5.74, 6) is -2.53. The summed E-state index contributed by atoms with van der Waals surface area (Å²) in [5, 5.41) is 9.21. The molecule has 0 saturated carbocycles. The Morgan fingerprint density at radius 2 is 1.95 bits per heavy atom. The van der Waals surface area contributed by atoms with E-state index in [1.54, 1.807) is 26.8 Å². The third-order valence-corrected chi connectivity index (χ3v) is 6.03. The van der Waals surface area contributed by atoms with Crippen molar-refractivity contribution in [3.05, 3.63) is 35.6 Å². The minimum atomic E-state index is -3.36. The first-order valence-corrected chi connectivity index (χ1v) is 8.38. The number of rotatable bonds is 6. The molecule has 0 amide bonds. The molecule has 0 spiro atoms. The fourth-order valence-corrected chi connectivity index (χ4v) is 3.07. The van der Waals surface area contributed by atoms with Crippen LogP contribution >= 0.6 is 0 Å². The first-order chi connectivity index (χ1) is 9.53. The zero-order valence-corrected chi connectivity index (χ0v) is 13.3. The van der Waals surface area contributed by atoms with Gasteiger partial charge in [0.2, 0.25) is 0 Å². The van der Waals surface area contributed by atoms with Gasteiger partial charge < -0.3 is 5.11 Å². The standard InChI is InChI=1S/C15H21FO4S/c1-15(2,3)21(19,20)8-7-12(14(17)18)9-11-5-4-6-13(16)10-11/h4-6,10,12H,7-9H2,1-3H3,(H,17,18). The van der Waals surface area contributed by atoms with Crippen LogP contribution in [0.2, 0.25) is 0 Å². The molecular formula is C15H21FO4S. The van der Waals surface area contributed by atoms with Crippen LogP contribution in [0.15, 0.2) is 24.3 Å². The lowest BCUT2D eigenvalue weighted by Crippen LogP contribution is -2.32. The van der Waals surface area contributed by atoms with Gasteiger partial charge in [0.15, 0.2) is 9.84 Å². The molecule has 1 atom stereocenters. The summed E-state index contributed by atoms with van der Waals surface area (Å²) >= 11 is 0. The number of carboxylic acid groups (broad SMARTS) is 1. The lowest BCUT2D eigenvalue weighted by atomic mass is 9.97. The van der Waals surface area contributed by atoms with Crippen molar-refractivity contribution in [1.82, 2.24) is 0 Å². The molecule has 0 aliphatic heterocycles. The lowest BCUT2D eigenvalue weighted by Gasteiger charge is -2.20. The van der Waals surface area contributed by atoms with E-state index >= 15 is 0 Å². The maximum atomic E-state index is 13.1. The molecule has 21 heavy (non-hydrogen) atoms. The van der Waals surface area contributed by atoms with Gasteiger partial charge in [-0.05, 0) is 51.3 Å². The SMILES string of the molecule is CC(C)(C)S(=O)(=O)CCC(Cc1cccc(F)c1)C(=O)O. The number of benzene rings is 1. The number of carbonyl (C=O) groups is 1. The zero-order valence-electron chi connectivity index (χ0n) is 12.5. The van der Waals surface area contributed by atoms with E-state index in [4.69, 9.17) is 0 Å². The van der Waals surface area contributed by atoms with Crippen molar-refractivity contribution in [2.24, 2.45) is 5.92 Å². The van der Waals surface area contributed by atoms with Gasteiger partial charge in [-0.15, -0.1) is 0 Å². The number of halogens is 1. The van der Waals surface area contributed by atoms with Gasteiger partial charge in [0.1, 0.15) is 5.82 Å². The first-order valence-electron chi connectivity index (χ1n) is 6.72. The summed E-state index contributed by atoms with van der Waals surface area (Å²) in [6.07, 6.45) is 0.137. The highest BCUT2D eigenvalue weighted by atomic mass is 32.2. The molecule has 1 rings (SSSR count). The second kappa shape index (κ2) is 6.56. The third-order valence-electron chi connectivity index (χ3n) is 3.39. The largest absolute Gasteiger partial charge is 0.481 e. The molecular weight excluding hydrogens is 295 g/mol. The van der Waals surface area contributed by atoms with E-state index in [-0.39, 0.29) is 18.6 Å². The highest BCUT2D eigenvalue weighted by molar-refractivity contribution is 7.92. The van der Waals surface area contributed by atoms with Crippen LogP contribution in [0, 0.1) is 11.7 Å². The number of aliphatic carboxylic acids is 1. The molecule has 0 aliphatic rings. The predicted octanol–water partition coefficient (Wildman–Crippen LogP) is 2.67. The van der Waals surface area contributed by atoms with Crippen molar-refractivity contribution >= 4 is 15.8 Å². The van der Waals surface area contributed by atoms with Crippen molar-refractivity contribution in [2.45, 2.75) is 38.4 Å². The molecule has 1 aromatic carbocycles. The Labute approximate surface area is 124 Å². The highest BCUT2D eigenvalue weighted by Crippen LogP contribution is 2.21. The number of hydrogen-bond donors (Lipinski definition) is 1. The Morgan fingerprint density at radius 1 is 1.33 bits per heavy atom. The molecule has 1 N–H and O–H groups in total. The molecule has 1 unspecified atom stereocenters. The summed E-state index contributed by atoms with van der Waals surface area (Å²) in [7, 11) is -3.36. The van der Waals surface area contributed by atoms with Crippen molar-refractivity contribution in [3.63, 3.8) is 0 Å². The van der Waals surface area contributed by atoms with E-state index in [9.17, 15) is 22.7 Å². The molecule has 0 aliphatic carbocycles. The average molecular weight is 316 g/mol. The first kappa shape index (κ1) is 17.6. The zero-order chi connectivity index (χ0) is 16.3. The van der Waals surface area contributed by atoms with Crippen LogP contribution in [-0.2, 0) is 21.1 Å². The van der Waals surface area contributed by atoms with Crippen LogP contribution in [0.1, 0.15) is 32.8 Å². The van der Waals surface area contributed by atoms with Crippen LogP contribution in [-0.4, -0.2) is 30.0 Å². The molecule has 0 saturated heterocycles. The second-order valence-electron chi connectivity index (χ2n) is 6.09. The minimum absolute atomic E-state index is 0.0193. The Hall–Kier alpha value is -1.43. The van der Waals surface area contributed by atoms with Crippen LogP contribution in [0.25, 0.3) is 0 Å². The van der Waals surface area contributed by atoms with Crippen LogP contribution in [0.4, 0.5) is 4.39 Å². The quantitative estimate of drug-likeness (QED) is 0.876. The van der Waals surface area contributed by atoms with Gasteiger partial charge in [-0.2, -0.15) is 0 Å². The normalized spacial score (nSPS) is 13.9. The number of sulfone groups is 1. The Kier molecular flexibility index (Phi) is 5.50. The van der Waals surface area contributed by atoms with E-state index in [1.807, 2.05) is 0 Å². The predicted molar refractivity (Wildman–Crippen MR) is 79.4 cm³/mol. The average Bonchev–Trinajstić information content (AvgIpc) is 2.32. The van der Waals surface area contributed by atoms with Crippen molar-refractivity contribution in [3.8, 4) is 0 Å². The second-order valence-corrected chi connectivity index (χ2v) is 8.95. The molecule has 0 heterocycles. The summed E-state index contributed by atoms with van der Waals surface area (Å²) in [6, 6.07) is 5.70. The monoisotopic (exact) mass is 316 g/mol. The minimum Gasteiger partial charge on any atom is -0.481 e. The van der Waals surface area contributed by atoms with E-state index in [2.05, 4.69) is 0 Å². The molecule has 1 aromatic rings. The van der Waals surface area contributed by atoms with Crippen molar-refractivity contribution in [1.29, 1.82) is 0 Å². The maximum Gasteiger partial charge on any atom is 0.306 e. The molecule has 4 nitrogen and oxygen atoms in total. The molecule has 0 bridgehead atoms. The van der Waals surface area contributed by atoms with Gasteiger partial charge >= 0.3 is 5.97 Å². The van der Waals surface area contributed by atoms with E-state index in [0.717, 1.165) is 0 Å². The van der Waals surface area contributed by atoms with Crippen LogP contribution in [0.3, 0.4) is 0 Å². The van der Waals surface area contributed by atoms with Gasteiger partial charge in [0, 0.05) is 0 Å². The van der Waals surface area contributed by atoms with Crippen molar-refractivity contribution in [2.75, 3.05) is 5.75 Å². The van der Waals surface area contributed by atoms with Gasteiger partial charge in [-0.1, -0.05) is 12.1 Å². The molecule has 6 heteroatoms. The van der Waals surface area contributed by atoms with E-state index in [1.165, 1.54) is 18.2 Å². The Balaban J connectivity index is 2.79.